The minimum Gasteiger partial charge on any atom is -0.386 e. The number of allylic oxidation sites excluding steroid dienone is 8. The quantitative estimate of drug-likeness (QED) is 0.350. The molecule has 0 spiro atoms. The molecule has 0 radical (unpaired) electrons. The van der Waals surface area contributed by atoms with Gasteiger partial charge in [0.2, 0.25) is 0 Å². The summed E-state index contributed by atoms with van der Waals surface area (Å²) in [5, 5.41) is 3.43. The highest BCUT2D eigenvalue weighted by atomic mass is 14.9. The van der Waals surface area contributed by atoms with Gasteiger partial charge in [-0.1, -0.05) is 77.0 Å². The van der Waals surface area contributed by atoms with Gasteiger partial charge in [-0.05, 0) is 81.4 Å². The van der Waals surface area contributed by atoms with Gasteiger partial charge in [-0.25, -0.2) is 0 Å². The van der Waals surface area contributed by atoms with Crippen LogP contribution in [-0.2, 0) is 0 Å². The molecule has 1 N–H and O–H groups in total. The van der Waals surface area contributed by atoms with Crippen molar-refractivity contribution in [2.75, 3.05) is 12.4 Å². The van der Waals surface area contributed by atoms with Gasteiger partial charge in [-0.3, -0.25) is 4.99 Å². The molecule has 1 aromatic rings. The average Bonchev–Trinajstić information content (AvgIpc) is 2.69. The Kier molecular flexibility index (Phi) is 9.09. The third-order valence-corrected chi connectivity index (χ3v) is 6.77. The van der Waals surface area contributed by atoms with Crippen LogP contribution in [0, 0.1) is 24.7 Å². The van der Waals surface area contributed by atoms with Gasteiger partial charge >= 0.3 is 0 Å². The largest absolute Gasteiger partial charge is 0.386 e. The molecule has 2 nitrogen and oxygen atoms in total. The number of nitrogens with one attached hydrogen (secondary N) is 1. The van der Waals surface area contributed by atoms with E-state index in [0.29, 0.717) is 0 Å². The number of hydrogen-bond donors (Lipinski definition) is 1. The molecule has 0 aromatic heterocycles. The lowest BCUT2D eigenvalue weighted by Crippen LogP contribution is -2.06. The van der Waals surface area contributed by atoms with Gasteiger partial charge in [0, 0.05) is 18.2 Å². The van der Waals surface area contributed by atoms with Crippen molar-refractivity contribution in [3.05, 3.63) is 57.7 Å². The van der Waals surface area contributed by atoms with Gasteiger partial charge in [0.1, 0.15) is 0 Å². The molecule has 0 atom stereocenters. The number of rotatable bonds is 6. The molecule has 1 rings (SSSR count). The van der Waals surface area contributed by atoms with Crippen LogP contribution < -0.4 is 5.32 Å². The number of benzene rings is 1. The Bertz CT molecular complexity index is 981. The van der Waals surface area contributed by atoms with Crippen molar-refractivity contribution in [3.63, 3.8) is 0 Å². The van der Waals surface area contributed by atoms with E-state index >= 15 is 0 Å². The lowest BCUT2D eigenvalue weighted by Gasteiger charge is -2.23. The smallest absolute Gasteiger partial charge is 0.0937 e. The lowest BCUT2D eigenvalue weighted by molar-refractivity contribution is 0.504. The minimum atomic E-state index is 0.155. The fourth-order valence-corrected chi connectivity index (χ4v) is 3.53. The monoisotopic (exact) mass is 434 g/mol. The molecule has 0 amide bonds. The molecule has 0 aliphatic heterocycles. The molecule has 0 unspecified atom stereocenters. The second-order valence-electron chi connectivity index (χ2n) is 11.0. The van der Waals surface area contributed by atoms with Crippen LogP contribution in [0.15, 0.2) is 40.4 Å². The Morgan fingerprint density at radius 1 is 0.719 bits per heavy atom. The first-order valence-electron chi connectivity index (χ1n) is 11.6. The van der Waals surface area contributed by atoms with Crippen LogP contribution in [0.5, 0.6) is 0 Å². The maximum absolute atomic E-state index is 4.50. The molecule has 0 aliphatic rings. The zero-order valence-electron chi connectivity index (χ0n) is 23.0. The standard InChI is InChI=1S/C30H46N2/c1-19(15-17-21(3)29(7,8)9)25-23(5)24(6)26(28(32-14)27(25)31-13)20(2)16-18-22(4)30(10,11)12/h15-18,32H,13H2,1-12,14H3/b19-15+,20-16+,21-17?,22-18?. The second kappa shape index (κ2) is 10.5. The van der Waals surface area contributed by atoms with E-state index in [9.17, 15) is 0 Å². The van der Waals surface area contributed by atoms with Gasteiger partial charge in [0.15, 0.2) is 0 Å². The normalized spacial score (nSPS) is 14.7. The second-order valence-corrected chi connectivity index (χ2v) is 11.0. The number of hydrogen-bond acceptors (Lipinski definition) is 2. The fraction of sp³-hybridized carbons (Fsp3) is 0.500. The Balaban J connectivity index is 3.80. The van der Waals surface area contributed by atoms with Crippen molar-refractivity contribution >= 4 is 29.2 Å². The van der Waals surface area contributed by atoms with E-state index in [1.165, 1.54) is 39.0 Å². The van der Waals surface area contributed by atoms with Crippen molar-refractivity contribution in [2.24, 2.45) is 15.8 Å². The predicted octanol–water partition coefficient (Wildman–Crippen LogP) is 9.47. The zero-order valence-corrected chi connectivity index (χ0v) is 23.0. The predicted molar refractivity (Wildman–Crippen MR) is 148 cm³/mol. The van der Waals surface area contributed by atoms with Crippen molar-refractivity contribution in [2.45, 2.75) is 83.1 Å². The molecule has 1 aromatic carbocycles. The van der Waals surface area contributed by atoms with Crippen LogP contribution in [-0.4, -0.2) is 13.8 Å². The molecular formula is C30H46N2. The highest BCUT2D eigenvalue weighted by Gasteiger charge is 2.21. The van der Waals surface area contributed by atoms with Gasteiger partial charge in [-0.2, -0.15) is 0 Å². The van der Waals surface area contributed by atoms with Crippen LogP contribution in [0.3, 0.4) is 0 Å². The topological polar surface area (TPSA) is 24.4 Å². The average molecular weight is 435 g/mol. The zero-order chi connectivity index (χ0) is 25.0. The van der Waals surface area contributed by atoms with E-state index in [4.69, 9.17) is 0 Å². The van der Waals surface area contributed by atoms with Gasteiger partial charge in [0.05, 0.1) is 11.4 Å². The van der Waals surface area contributed by atoms with E-state index in [1.807, 2.05) is 7.05 Å². The maximum Gasteiger partial charge on any atom is 0.0937 e. The molecule has 0 fully saturated rings. The van der Waals surface area contributed by atoms with Crippen LogP contribution in [0.4, 0.5) is 11.4 Å². The number of aliphatic imine (C=N–C) groups is 1. The first kappa shape index (κ1) is 27.7. The van der Waals surface area contributed by atoms with E-state index in [2.05, 4.69) is 124 Å². The summed E-state index contributed by atoms with van der Waals surface area (Å²) in [6, 6.07) is 0. The Hall–Kier alpha value is -2.35. The van der Waals surface area contributed by atoms with E-state index in [-0.39, 0.29) is 10.8 Å². The molecule has 0 heterocycles. The van der Waals surface area contributed by atoms with Crippen molar-refractivity contribution in [1.29, 1.82) is 0 Å². The molecule has 0 saturated carbocycles. The summed E-state index contributed by atoms with van der Waals surface area (Å²) in [4.78, 5) is 4.50. The molecule has 0 saturated heterocycles. The van der Waals surface area contributed by atoms with Crippen LogP contribution in [0.2, 0.25) is 0 Å². The Morgan fingerprint density at radius 2 is 1.09 bits per heavy atom. The summed E-state index contributed by atoms with van der Waals surface area (Å²) in [5.74, 6) is 0. The number of nitrogens with zero attached hydrogens (tertiary/aromatic N) is 1. The minimum absolute atomic E-state index is 0.155. The van der Waals surface area contributed by atoms with Gasteiger partial charge in [-0.15, -0.1) is 0 Å². The lowest BCUT2D eigenvalue weighted by atomic mass is 9.85. The highest BCUT2D eigenvalue weighted by molar-refractivity contribution is 5.94. The molecule has 0 bridgehead atoms. The van der Waals surface area contributed by atoms with Crippen molar-refractivity contribution in [3.8, 4) is 0 Å². The summed E-state index contributed by atoms with van der Waals surface area (Å²) < 4.78 is 0. The summed E-state index contributed by atoms with van der Waals surface area (Å²) in [6.07, 6.45) is 8.92. The first-order chi connectivity index (χ1) is 14.6. The van der Waals surface area contributed by atoms with Crippen LogP contribution >= 0.6 is 0 Å². The summed E-state index contributed by atoms with van der Waals surface area (Å²) in [7, 11) is 1.97. The first-order valence-corrected chi connectivity index (χ1v) is 11.6. The fourth-order valence-electron chi connectivity index (χ4n) is 3.53. The maximum atomic E-state index is 4.50. The number of anilines is 1. The van der Waals surface area contributed by atoms with Crippen molar-refractivity contribution < 1.29 is 0 Å². The van der Waals surface area contributed by atoms with Crippen molar-refractivity contribution in [1.82, 2.24) is 0 Å². The third-order valence-electron chi connectivity index (χ3n) is 6.77. The van der Waals surface area contributed by atoms with E-state index < -0.39 is 0 Å². The molecule has 176 valence electrons. The van der Waals surface area contributed by atoms with E-state index in [0.717, 1.165) is 16.9 Å². The Morgan fingerprint density at radius 3 is 1.44 bits per heavy atom. The molecule has 0 aliphatic carbocycles. The molecule has 2 heteroatoms. The Labute approximate surface area is 198 Å². The third kappa shape index (κ3) is 6.34. The molecule has 32 heavy (non-hydrogen) atoms. The van der Waals surface area contributed by atoms with Gasteiger partial charge in [0.25, 0.3) is 0 Å². The van der Waals surface area contributed by atoms with Gasteiger partial charge < -0.3 is 5.32 Å². The van der Waals surface area contributed by atoms with E-state index in [1.54, 1.807) is 0 Å². The SMILES string of the molecule is C=Nc1c(NC)c(/C(C)=C/C=C(C)C(C)(C)C)c(C)c(C)c1/C(C)=C/C=C(C)C(C)(C)C. The summed E-state index contributed by atoms with van der Waals surface area (Å²) >= 11 is 0. The van der Waals surface area contributed by atoms with Crippen LogP contribution in [0.1, 0.15) is 91.5 Å². The summed E-state index contributed by atoms with van der Waals surface area (Å²) in [6.45, 7) is 30.5. The van der Waals surface area contributed by atoms with Crippen LogP contribution in [0.25, 0.3) is 11.1 Å². The highest BCUT2D eigenvalue weighted by Crippen LogP contribution is 2.44. The molecular weight excluding hydrogens is 388 g/mol. The summed E-state index contributed by atoms with van der Waals surface area (Å²) in [5.41, 5.74) is 12.3.